The zero-order valence-electron chi connectivity index (χ0n) is 13.3. The van der Waals surface area contributed by atoms with E-state index in [2.05, 4.69) is 10.5 Å². The van der Waals surface area contributed by atoms with E-state index in [9.17, 15) is 4.79 Å². The predicted octanol–water partition coefficient (Wildman–Crippen LogP) is 4.47. The minimum atomic E-state index is -0.301. The van der Waals surface area contributed by atoms with E-state index in [1.807, 2.05) is 77.6 Å². The van der Waals surface area contributed by atoms with E-state index < -0.39 is 0 Å². The van der Waals surface area contributed by atoms with E-state index in [-0.39, 0.29) is 5.91 Å². The van der Waals surface area contributed by atoms with Gasteiger partial charge in [0.1, 0.15) is 0 Å². The number of amides is 1. The first-order chi connectivity index (χ1) is 12.2. The van der Waals surface area contributed by atoms with Gasteiger partial charge in [-0.3, -0.25) is 4.79 Å². The summed E-state index contributed by atoms with van der Waals surface area (Å²) in [6, 6.07) is 20.8. The maximum Gasteiger partial charge on any atom is 0.273 e. The largest absolute Gasteiger partial charge is 0.323 e. The average Bonchev–Trinajstić information content (AvgIpc) is 3.17. The molecule has 0 atom stereocenters. The Morgan fingerprint density at radius 1 is 0.960 bits per heavy atom. The first-order valence-electron chi connectivity index (χ1n) is 7.72. The Morgan fingerprint density at radius 2 is 1.64 bits per heavy atom. The highest BCUT2D eigenvalue weighted by Gasteiger charge is 2.10. The van der Waals surface area contributed by atoms with Gasteiger partial charge in [0, 0.05) is 12.4 Å². The van der Waals surface area contributed by atoms with Gasteiger partial charge >= 0.3 is 0 Å². The third-order valence-corrected chi connectivity index (χ3v) is 3.70. The molecule has 5 heteroatoms. The topological polar surface area (TPSA) is 46.4 Å². The Labute approximate surface area is 151 Å². The highest BCUT2D eigenvalue weighted by atomic mass is 35.5. The van der Waals surface area contributed by atoms with Crippen molar-refractivity contribution in [2.24, 2.45) is 5.10 Å². The number of nitrogens with zero attached hydrogens (tertiary/aromatic N) is 2. The number of carbonyl (C=O) groups excluding carboxylic acids is 1. The maximum absolute atomic E-state index is 12.4. The number of allylic oxidation sites excluding steroid dienone is 1. The fourth-order valence-electron chi connectivity index (χ4n) is 2.34. The van der Waals surface area contributed by atoms with Crippen LogP contribution in [0.3, 0.4) is 0 Å². The molecule has 4 nitrogen and oxygen atoms in total. The van der Waals surface area contributed by atoms with Gasteiger partial charge in [0.05, 0.1) is 22.5 Å². The maximum atomic E-state index is 12.4. The molecule has 0 aliphatic heterocycles. The van der Waals surface area contributed by atoms with Crippen molar-refractivity contribution in [3.8, 4) is 5.69 Å². The van der Waals surface area contributed by atoms with E-state index in [1.165, 1.54) is 6.21 Å². The molecule has 124 valence electrons. The molecule has 0 spiro atoms. The van der Waals surface area contributed by atoms with Crippen LogP contribution in [0.5, 0.6) is 0 Å². The molecule has 2 aromatic carbocycles. The van der Waals surface area contributed by atoms with Crippen molar-refractivity contribution >= 4 is 29.8 Å². The summed E-state index contributed by atoms with van der Waals surface area (Å²) in [4.78, 5) is 12.4. The number of carbonyl (C=O) groups is 1. The Kier molecular flexibility index (Phi) is 5.44. The van der Waals surface area contributed by atoms with Crippen LogP contribution in [0.15, 0.2) is 89.3 Å². The van der Waals surface area contributed by atoms with E-state index in [0.29, 0.717) is 10.6 Å². The Balaban J connectivity index is 1.70. The highest BCUT2D eigenvalue weighted by Crippen LogP contribution is 2.14. The molecule has 0 aliphatic rings. The summed E-state index contributed by atoms with van der Waals surface area (Å²) in [6.07, 6.45) is 6.94. The third kappa shape index (κ3) is 4.46. The van der Waals surface area contributed by atoms with Crippen LogP contribution < -0.4 is 5.43 Å². The number of hydrogen-bond acceptors (Lipinski definition) is 2. The summed E-state index contributed by atoms with van der Waals surface area (Å²) in [7, 11) is 0. The number of para-hydroxylation sites is 1. The molecule has 1 heterocycles. The minimum absolute atomic E-state index is 0.301. The molecule has 1 N–H and O–H groups in total. The number of nitrogens with one attached hydrogen (secondary N) is 1. The second-order valence-electron chi connectivity index (χ2n) is 5.25. The van der Waals surface area contributed by atoms with Crippen LogP contribution in [-0.4, -0.2) is 16.7 Å². The van der Waals surface area contributed by atoms with Crippen molar-refractivity contribution in [2.75, 3.05) is 0 Å². The lowest BCUT2D eigenvalue weighted by atomic mass is 10.1. The fraction of sp³-hybridized carbons (Fsp3) is 0. The fourth-order valence-corrected chi connectivity index (χ4v) is 2.52. The molecule has 0 aliphatic carbocycles. The molecule has 25 heavy (non-hydrogen) atoms. The van der Waals surface area contributed by atoms with Crippen molar-refractivity contribution in [3.05, 3.63) is 95.3 Å². The van der Waals surface area contributed by atoms with Crippen LogP contribution in [-0.2, 0) is 0 Å². The highest BCUT2D eigenvalue weighted by molar-refractivity contribution is 6.41. The average molecular weight is 350 g/mol. The lowest BCUT2D eigenvalue weighted by molar-refractivity contribution is 0.0955. The monoisotopic (exact) mass is 349 g/mol. The molecule has 0 saturated carbocycles. The van der Waals surface area contributed by atoms with E-state index >= 15 is 0 Å². The molecule has 3 rings (SSSR count). The standard InChI is InChI=1S/C20H16ClN3O/c21-17(14-16-8-2-1-3-9-16)15-22-23-20(25)18-10-4-5-11-19(18)24-12-6-7-13-24/h1-15H,(H,23,25)/b17-14+,22-15+. The second-order valence-corrected chi connectivity index (χ2v) is 5.68. The third-order valence-electron chi connectivity index (χ3n) is 3.49. The van der Waals surface area contributed by atoms with Crippen molar-refractivity contribution in [1.82, 2.24) is 9.99 Å². The van der Waals surface area contributed by atoms with E-state index in [0.717, 1.165) is 11.3 Å². The van der Waals surface area contributed by atoms with Crippen molar-refractivity contribution < 1.29 is 4.79 Å². The molecule has 0 saturated heterocycles. The van der Waals surface area contributed by atoms with Crippen molar-refractivity contribution in [3.63, 3.8) is 0 Å². The molecule has 0 bridgehead atoms. The van der Waals surface area contributed by atoms with Crippen LogP contribution in [0.4, 0.5) is 0 Å². The van der Waals surface area contributed by atoms with E-state index in [4.69, 9.17) is 11.6 Å². The van der Waals surface area contributed by atoms with Gasteiger partial charge in [0.2, 0.25) is 0 Å². The summed E-state index contributed by atoms with van der Waals surface area (Å²) in [5.41, 5.74) is 4.78. The van der Waals surface area contributed by atoms with Crippen LogP contribution >= 0.6 is 11.6 Å². The minimum Gasteiger partial charge on any atom is -0.323 e. The van der Waals surface area contributed by atoms with Crippen LogP contribution in [0.1, 0.15) is 15.9 Å². The predicted molar refractivity (Wildman–Crippen MR) is 102 cm³/mol. The molecular formula is C20H16ClN3O. The van der Waals surface area contributed by atoms with Crippen molar-refractivity contribution in [1.29, 1.82) is 0 Å². The number of aromatic nitrogens is 1. The van der Waals surface area contributed by atoms with Gasteiger partial charge in [-0.15, -0.1) is 0 Å². The van der Waals surface area contributed by atoms with Crippen molar-refractivity contribution in [2.45, 2.75) is 0 Å². The zero-order valence-corrected chi connectivity index (χ0v) is 14.1. The first-order valence-corrected chi connectivity index (χ1v) is 8.10. The van der Waals surface area contributed by atoms with Crippen LogP contribution in [0.2, 0.25) is 0 Å². The van der Waals surface area contributed by atoms with Gasteiger partial charge in [-0.05, 0) is 35.9 Å². The molecule has 3 aromatic rings. The van der Waals surface area contributed by atoms with Gasteiger partial charge < -0.3 is 4.57 Å². The summed E-state index contributed by atoms with van der Waals surface area (Å²) in [6.45, 7) is 0. The molecule has 0 fully saturated rings. The lowest BCUT2D eigenvalue weighted by Gasteiger charge is -2.08. The molecular weight excluding hydrogens is 334 g/mol. The SMILES string of the molecule is O=C(N/N=C/C(Cl)=C\c1ccccc1)c1ccccc1-n1cccc1. The summed E-state index contributed by atoms with van der Waals surface area (Å²) >= 11 is 6.11. The van der Waals surface area contributed by atoms with Gasteiger partial charge in [-0.2, -0.15) is 5.10 Å². The van der Waals surface area contributed by atoms with Gasteiger partial charge in [0.25, 0.3) is 5.91 Å². The number of benzene rings is 2. The zero-order chi connectivity index (χ0) is 17.5. The summed E-state index contributed by atoms with van der Waals surface area (Å²) in [5, 5.41) is 4.35. The molecule has 0 radical (unpaired) electrons. The summed E-state index contributed by atoms with van der Waals surface area (Å²) < 4.78 is 1.88. The van der Waals surface area contributed by atoms with Gasteiger partial charge in [0.15, 0.2) is 0 Å². The normalized spacial score (nSPS) is 11.6. The Bertz CT molecular complexity index is 900. The lowest BCUT2D eigenvalue weighted by Crippen LogP contribution is -2.19. The number of halogens is 1. The van der Waals surface area contributed by atoms with Crippen LogP contribution in [0.25, 0.3) is 11.8 Å². The molecule has 1 amide bonds. The number of hydrogen-bond donors (Lipinski definition) is 1. The number of rotatable bonds is 5. The second kappa shape index (κ2) is 8.13. The van der Waals surface area contributed by atoms with Gasteiger partial charge in [-0.1, -0.05) is 54.1 Å². The van der Waals surface area contributed by atoms with Gasteiger partial charge in [-0.25, -0.2) is 5.43 Å². The molecule has 1 aromatic heterocycles. The quantitative estimate of drug-likeness (QED) is 0.536. The first kappa shape index (κ1) is 16.7. The molecule has 0 unspecified atom stereocenters. The Hall–Kier alpha value is -3.11. The van der Waals surface area contributed by atoms with E-state index in [1.54, 1.807) is 12.1 Å². The van der Waals surface area contributed by atoms with Crippen LogP contribution in [0, 0.1) is 0 Å². The smallest absolute Gasteiger partial charge is 0.273 e. The Morgan fingerprint density at radius 3 is 2.40 bits per heavy atom. The summed E-state index contributed by atoms with van der Waals surface area (Å²) in [5.74, 6) is -0.301. The number of hydrazone groups is 1.